The maximum Gasteiger partial charge on any atom is 0.333 e. The van der Waals surface area contributed by atoms with E-state index in [-0.39, 0.29) is 41.1 Å². The fourth-order valence-electron chi connectivity index (χ4n) is 13.5. The Morgan fingerprint density at radius 1 is 0.338 bits per heavy atom. The third-order valence-corrected chi connectivity index (χ3v) is 19.8. The normalized spacial score (nSPS) is 10.8. The average Bonchev–Trinajstić information content (AvgIpc) is 1.83. The van der Waals surface area contributed by atoms with Crippen molar-refractivity contribution in [1.82, 2.24) is 90.0 Å². The van der Waals surface area contributed by atoms with Crippen LogP contribution in [0.5, 0.6) is 63.2 Å². The van der Waals surface area contributed by atoms with Crippen molar-refractivity contribution in [1.29, 1.82) is 0 Å². The minimum Gasteiger partial charge on any atom is -0.506 e. The first kappa shape index (κ1) is 93.4. The molecule has 0 radical (unpaired) electrons. The first-order valence-corrected chi connectivity index (χ1v) is 41.9. The van der Waals surface area contributed by atoms with E-state index < -0.39 is 5.97 Å². The van der Waals surface area contributed by atoms with Gasteiger partial charge in [0.1, 0.15) is 165 Å². The summed E-state index contributed by atoms with van der Waals surface area (Å²) in [6.07, 6.45) is 4.25. The van der Waals surface area contributed by atoms with Crippen molar-refractivity contribution in [2.24, 2.45) is 0 Å². The predicted molar refractivity (Wildman–Crippen MR) is 513 cm³/mol. The molecule has 0 fully saturated rings. The van der Waals surface area contributed by atoms with Crippen molar-refractivity contribution < 1.29 is 63.9 Å². The molecule has 676 valence electrons. The molecule has 31 nitrogen and oxygen atoms in total. The largest absolute Gasteiger partial charge is 0.506 e. The van der Waals surface area contributed by atoms with Crippen molar-refractivity contribution in [3.05, 3.63) is 331 Å². The Morgan fingerprint density at radius 2 is 0.677 bits per heavy atom. The molecule has 133 heavy (non-hydrogen) atoms. The Labute approximate surface area is 765 Å². The van der Waals surface area contributed by atoms with Gasteiger partial charge in [-0.2, -0.15) is 0 Å². The summed E-state index contributed by atoms with van der Waals surface area (Å²) in [4.78, 5) is 20.0. The van der Waals surface area contributed by atoms with Gasteiger partial charge in [-0.05, 0) is 235 Å². The van der Waals surface area contributed by atoms with Crippen LogP contribution in [-0.2, 0) is 35.2 Å². The molecule has 6 aromatic heterocycles. The second kappa shape index (κ2) is 42.6. The zero-order valence-corrected chi connectivity index (χ0v) is 75.2. The molecule has 31 heteroatoms. The van der Waals surface area contributed by atoms with E-state index in [1.165, 1.54) is 42.0 Å². The lowest BCUT2D eigenvalue weighted by molar-refractivity contribution is -0.138. The van der Waals surface area contributed by atoms with Crippen LogP contribution in [0.2, 0.25) is 0 Å². The molecule has 0 amide bonds. The number of fused-ring (bicyclic) bond motifs is 6. The van der Waals surface area contributed by atoms with Gasteiger partial charge in [0.2, 0.25) is 0 Å². The molecule has 0 aliphatic heterocycles. The van der Waals surface area contributed by atoms with Crippen molar-refractivity contribution in [3.63, 3.8) is 0 Å². The van der Waals surface area contributed by atoms with Gasteiger partial charge in [-0.3, -0.25) is 0 Å². The highest BCUT2D eigenvalue weighted by Gasteiger charge is 2.21. The van der Waals surface area contributed by atoms with Crippen molar-refractivity contribution in [2.45, 2.75) is 74.1 Å². The fourth-order valence-corrected chi connectivity index (χ4v) is 13.5. The number of hydrogen-bond donors (Lipinski definition) is 6. The second-order valence-corrected chi connectivity index (χ2v) is 31.4. The molecule has 6 heterocycles. The molecule has 6 N–H and O–H groups in total. The molecule has 0 unspecified atom stereocenters. The first-order chi connectivity index (χ1) is 64.0. The number of carbonyl (C=O) groups is 1. The van der Waals surface area contributed by atoms with Crippen LogP contribution in [0.15, 0.2) is 298 Å². The summed E-state index contributed by atoms with van der Waals surface area (Å²) in [6.45, 7) is 36.9. The maximum absolute atomic E-state index is 11.4. The number of allylic oxidation sites excluding steroid dienone is 3. The van der Waals surface area contributed by atoms with E-state index in [9.17, 15) is 35.4 Å². The van der Waals surface area contributed by atoms with E-state index in [1.54, 1.807) is 87.9 Å². The number of hydrogen-bond acceptors (Lipinski definition) is 25. The average molecular weight is 1790 g/mol. The Bertz CT molecular complexity index is 7230. The molecule has 0 saturated heterocycles. The Morgan fingerprint density at radius 3 is 1.02 bits per heavy atom. The number of rotatable bonds is 25. The van der Waals surface area contributed by atoms with Crippen LogP contribution in [-0.4, -0.2) is 168 Å². The number of carbonyl (C=O) groups excluding carboxylic acids is 1. The van der Waals surface area contributed by atoms with Crippen LogP contribution in [0.3, 0.4) is 0 Å². The molecule has 0 bridgehead atoms. The second-order valence-electron chi connectivity index (χ2n) is 31.4. The van der Waals surface area contributed by atoms with Crippen LogP contribution in [0.1, 0.15) is 68.0 Å². The highest BCUT2D eigenvalue weighted by atomic mass is 16.5. The van der Waals surface area contributed by atoms with E-state index >= 15 is 0 Å². The number of nitrogens with zero attached hydrogens (tertiary/aromatic N) is 18. The number of ether oxygens (including phenoxy) is 6. The SMILES string of the molecule is C=C(C)C(=O)OCCc1ccc(O)c(-n2nc3ccccc3n2)c1.C=C(C)COc1ccc(-n2nc3ccc(OC)cc3n2)c(O)c1.C=C(C)COc1ccc(-n2nc3ccccc3n2)c(O)c1.C=C(C)Cc1cc(C)cc(-n2nc3ccc(OC)cc3n2)c1O.C=C(C)Cc1cc(C)cc(-n2nc3ccccc3n2)c1O.C=CCc1cc(OC)c(O)c(-n2nc3ccccc3n2)c1. The monoisotopic (exact) mass is 1780 g/mol. The highest BCUT2D eigenvalue weighted by molar-refractivity contribution is 5.87. The summed E-state index contributed by atoms with van der Waals surface area (Å²) >= 11 is 0. The summed E-state index contributed by atoms with van der Waals surface area (Å²) in [5.41, 5.74) is 22.0. The van der Waals surface area contributed by atoms with Gasteiger partial charge in [0.25, 0.3) is 0 Å². The third-order valence-electron chi connectivity index (χ3n) is 19.8. The van der Waals surface area contributed by atoms with Gasteiger partial charge in [-0.1, -0.05) is 117 Å². The number of esters is 1. The van der Waals surface area contributed by atoms with Gasteiger partial charge >= 0.3 is 5.97 Å². The molecule has 18 aromatic rings. The Hall–Kier alpha value is -17.3. The predicted octanol–water partition coefficient (Wildman–Crippen LogP) is 18.9. The lowest BCUT2D eigenvalue weighted by Gasteiger charge is -2.10. The zero-order valence-electron chi connectivity index (χ0n) is 75.2. The number of phenols is 6. The minimum absolute atomic E-state index is 0.0191. The molecule has 12 aromatic carbocycles. The van der Waals surface area contributed by atoms with E-state index in [1.807, 2.05) is 199 Å². The number of phenolic OH excluding ortho intramolecular Hbond substituents is 6. The number of aromatic nitrogens is 18. The lowest BCUT2D eigenvalue weighted by atomic mass is 10.0. The zero-order chi connectivity index (χ0) is 94.7. The van der Waals surface area contributed by atoms with E-state index in [0.29, 0.717) is 118 Å². The number of aryl methyl sites for hydroxylation is 2. The molecule has 0 spiro atoms. The summed E-state index contributed by atoms with van der Waals surface area (Å²) < 4.78 is 31.7. The van der Waals surface area contributed by atoms with Crippen molar-refractivity contribution in [2.75, 3.05) is 41.2 Å². The van der Waals surface area contributed by atoms with Crippen LogP contribution in [0, 0.1) is 13.8 Å². The number of aromatic hydroxyl groups is 6. The molecule has 18 rings (SSSR count). The summed E-state index contributed by atoms with van der Waals surface area (Å²) in [6, 6.07) is 67.6. The van der Waals surface area contributed by atoms with Gasteiger partial charge in [0, 0.05) is 47.4 Å². The molecule has 0 atom stereocenters. The Kier molecular flexibility index (Phi) is 29.9. The van der Waals surface area contributed by atoms with Gasteiger partial charge in [0.05, 0.1) is 27.9 Å². The quantitative estimate of drug-likeness (QED) is 0.0176. The van der Waals surface area contributed by atoms with Gasteiger partial charge < -0.3 is 59.1 Å². The summed E-state index contributed by atoms with van der Waals surface area (Å²) in [7, 11) is 4.73. The molecule has 0 aliphatic rings. The van der Waals surface area contributed by atoms with E-state index in [0.717, 1.165) is 111 Å². The Balaban J connectivity index is 0.000000136. The molecular formula is C102H100N18O13. The molecule has 0 aliphatic carbocycles. The van der Waals surface area contributed by atoms with Crippen LogP contribution in [0.4, 0.5) is 0 Å². The number of methoxy groups -OCH3 is 3. The first-order valence-electron chi connectivity index (χ1n) is 41.9. The van der Waals surface area contributed by atoms with Crippen molar-refractivity contribution in [3.8, 4) is 97.4 Å². The van der Waals surface area contributed by atoms with Crippen LogP contribution < -0.4 is 23.7 Å². The maximum atomic E-state index is 11.4. The fraction of sp³-hybridized carbons (Fsp3) is 0.167. The standard InChI is InChI=1S/C18H17N3O3.C18H19N3O2.C17H17N3O3.C17H17N3O.2C16H15N3O2/c1-12(2)18(23)24-10-9-13-7-8-17(22)16(11-13)21-19-14-5-3-4-6-15(14)20-21;1-11(2)7-13-8-12(3)9-17(18(13)22)21-19-15-6-5-14(23-4)10-16(15)20-21;1-11(2)10-23-13-5-7-16(17(21)9-13)20-18-14-6-4-12(22-3)8-15(14)19-20;1-11(2)8-13-9-12(3)10-16(17(13)21)20-18-14-6-4-5-7-15(14)19-20;1-11(2)10-21-12-7-8-15(16(20)9-12)19-17-13-5-3-4-6-14(13)18-19;1-3-6-11-9-14(16(20)15(10-11)21-2)19-17-12-7-4-5-8-13(12)18-19/h3-8,11,22H,1,9-10H2,2H3;5-6,8-10,22H,1,7H2,2-4H3;4-9,21H,1,10H2,2-3H3;4-7,9-10,21H,1,8H2,2-3H3;3-9,20H,1,10H2,2H3;3-5,7-10,20H,1,6H2,2H3. The van der Waals surface area contributed by atoms with Gasteiger partial charge in [-0.15, -0.1) is 96.5 Å². The topological polar surface area (TPSA) is 378 Å². The van der Waals surface area contributed by atoms with Gasteiger partial charge in [0.15, 0.2) is 11.5 Å². The lowest BCUT2D eigenvalue weighted by Crippen LogP contribution is -2.08. The highest BCUT2D eigenvalue weighted by Crippen LogP contribution is 2.37. The third kappa shape index (κ3) is 23.6. The number of benzene rings is 12. The summed E-state index contributed by atoms with van der Waals surface area (Å²) in [5.74, 6) is 3.16. The summed E-state index contributed by atoms with van der Waals surface area (Å²) in [5, 5.41) is 114. The van der Waals surface area contributed by atoms with Crippen molar-refractivity contribution >= 4 is 72.2 Å². The minimum atomic E-state index is -0.408. The molecular weight excluding hydrogens is 1690 g/mol. The van der Waals surface area contributed by atoms with Crippen LogP contribution in [0.25, 0.3) is 100 Å². The van der Waals surface area contributed by atoms with Gasteiger partial charge in [-0.25, -0.2) is 4.79 Å². The van der Waals surface area contributed by atoms with Crippen LogP contribution >= 0.6 is 0 Å². The van der Waals surface area contributed by atoms with E-state index in [4.69, 9.17) is 28.4 Å². The smallest absolute Gasteiger partial charge is 0.333 e. The molecule has 0 saturated carbocycles. The van der Waals surface area contributed by atoms with E-state index in [2.05, 4.69) is 101 Å².